The Hall–Kier alpha value is -1.41. The van der Waals surface area contributed by atoms with Crippen molar-refractivity contribution in [3.8, 4) is 11.8 Å². The van der Waals surface area contributed by atoms with Crippen LogP contribution < -0.4 is 0 Å². The number of rotatable bonds is 2. The molecule has 0 atom stereocenters. The third-order valence-corrected chi connectivity index (χ3v) is 1.81. The Morgan fingerprint density at radius 3 is 2.71 bits per heavy atom. The van der Waals surface area contributed by atoms with E-state index in [1.165, 1.54) is 0 Å². The van der Waals surface area contributed by atoms with Gasteiger partial charge in [-0.3, -0.25) is 0 Å². The molecule has 0 radical (unpaired) electrons. The second-order valence-corrected chi connectivity index (χ2v) is 2.70. The molecule has 0 amide bonds. The van der Waals surface area contributed by atoms with E-state index in [1.807, 2.05) is 0 Å². The van der Waals surface area contributed by atoms with Crippen molar-refractivity contribution in [2.24, 2.45) is 0 Å². The van der Waals surface area contributed by atoms with Crippen LogP contribution in [0.2, 0.25) is 0 Å². The Labute approximate surface area is 83.6 Å². The van der Waals surface area contributed by atoms with Gasteiger partial charge in [-0.2, -0.15) is 5.26 Å². The van der Waals surface area contributed by atoms with Crippen LogP contribution in [0.4, 0.5) is 8.78 Å². The lowest BCUT2D eigenvalue weighted by Crippen LogP contribution is -1.97. The molecule has 0 saturated carbocycles. The summed E-state index contributed by atoms with van der Waals surface area (Å²) in [7, 11) is 0. The van der Waals surface area contributed by atoms with Crippen molar-refractivity contribution in [3.63, 3.8) is 0 Å². The molecule has 0 unspecified atom stereocenters. The van der Waals surface area contributed by atoms with Crippen molar-refractivity contribution in [1.82, 2.24) is 4.98 Å². The maximum atomic E-state index is 12.2. The molecule has 0 bridgehead atoms. The molecule has 6 heteroatoms. The third kappa shape index (κ3) is 1.91. The molecular weight excluding hydrogens is 214 g/mol. The number of pyridine rings is 1. The third-order valence-electron chi connectivity index (χ3n) is 1.56. The van der Waals surface area contributed by atoms with Gasteiger partial charge in [0.1, 0.15) is 11.8 Å². The lowest BCUT2D eigenvalue weighted by atomic mass is 10.2. The zero-order valence-corrected chi connectivity index (χ0v) is 7.59. The highest BCUT2D eigenvalue weighted by Crippen LogP contribution is 2.26. The summed E-state index contributed by atoms with van der Waals surface area (Å²) in [6, 6.07) is 2.43. The van der Waals surface area contributed by atoms with Gasteiger partial charge >= 0.3 is 0 Å². The molecule has 0 fully saturated rings. The zero-order chi connectivity index (χ0) is 10.7. The van der Waals surface area contributed by atoms with E-state index < -0.39 is 17.9 Å². The Bertz CT molecular complexity index is 390. The van der Waals surface area contributed by atoms with Gasteiger partial charge in [0.15, 0.2) is 5.75 Å². The standard InChI is InChI=1S/C8H5ClF2N2O/c9-2-6-7(14)4(3-12)1-5(13-6)8(10)11/h1,8,14H,2H2. The molecule has 1 heterocycles. The molecule has 0 aliphatic carbocycles. The van der Waals surface area contributed by atoms with Crippen LogP contribution in [-0.4, -0.2) is 10.1 Å². The number of hydrogen-bond acceptors (Lipinski definition) is 3. The van der Waals surface area contributed by atoms with E-state index in [9.17, 15) is 13.9 Å². The molecular formula is C8H5ClF2N2O. The van der Waals surface area contributed by atoms with Gasteiger partial charge in [0.2, 0.25) is 0 Å². The maximum absolute atomic E-state index is 12.2. The first-order valence-electron chi connectivity index (χ1n) is 3.57. The quantitative estimate of drug-likeness (QED) is 0.775. The fourth-order valence-corrected chi connectivity index (χ4v) is 1.09. The largest absolute Gasteiger partial charge is 0.505 e. The van der Waals surface area contributed by atoms with Gasteiger partial charge < -0.3 is 5.11 Å². The molecule has 1 rings (SSSR count). The topological polar surface area (TPSA) is 56.9 Å². The molecule has 74 valence electrons. The monoisotopic (exact) mass is 218 g/mol. The van der Waals surface area contributed by atoms with Crippen molar-refractivity contribution in [2.75, 3.05) is 0 Å². The number of nitriles is 1. The number of aromatic hydroxyl groups is 1. The van der Waals surface area contributed by atoms with Gasteiger partial charge in [-0.1, -0.05) is 0 Å². The van der Waals surface area contributed by atoms with Gasteiger partial charge in [0.25, 0.3) is 6.43 Å². The van der Waals surface area contributed by atoms with Crippen molar-refractivity contribution in [1.29, 1.82) is 5.26 Å². The summed E-state index contributed by atoms with van der Waals surface area (Å²) in [5.41, 5.74) is -0.915. The van der Waals surface area contributed by atoms with E-state index >= 15 is 0 Å². The van der Waals surface area contributed by atoms with Gasteiger partial charge in [-0.05, 0) is 6.07 Å². The van der Waals surface area contributed by atoms with Gasteiger partial charge in [-0.15, -0.1) is 11.6 Å². The first-order chi connectivity index (χ1) is 6.60. The smallest absolute Gasteiger partial charge is 0.280 e. The normalized spacial score (nSPS) is 10.2. The van der Waals surface area contributed by atoms with E-state index in [2.05, 4.69) is 4.98 Å². The van der Waals surface area contributed by atoms with Gasteiger partial charge in [0.05, 0.1) is 17.1 Å². The fourth-order valence-electron chi connectivity index (χ4n) is 0.903. The summed E-state index contributed by atoms with van der Waals surface area (Å²) in [5, 5.41) is 17.8. The molecule has 1 N–H and O–H groups in total. The maximum Gasteiger partial charge on any atom is 0.280 e. The summed E-state index contributed by atoms with van der Waals surface area (Å²) in [5.74, 6) is -0.659. The molecule has 0 aliphatic rings. The minimum absolute atomic E-state index is 0.110. The van der Waals surface area contributed by atoms with Crippen LogP contribution in [0.1, 0.15) is 23.4 Å². The summed E-state index contributed by atoms with van der Waals surface area (Å²) < 4.78 is 24.5. The number of alkyl halides is 3. The molecule has 14 heavy (non-hydrogen) atoms. The zero-order valence-electron chi connectivity index (χ0n) is 6.84. The number of aromatic nitrogens is 1. The predicted octanol–water partition coefficient (Wildman–Crippen LogP) is 2.34. The van der Waals surface area contributed by atoms with Gasteiger partial charge in [0, 0.05) is 0 Å². The van der Waals surface area contributed by atoms with E-state index in [0.717, 1.165) is 6.07 Å². The van der Waals surface area contributed by atoms with Gasteiger partial charge in [-0.25, -0.2) is 13.8 Å². The van der Waals surface area contributed by atoms with Crippen molar-refractivity contribution in [2.45, 2.75) is 12.3 Å². The Kier molecular flexibility index (Phi) is 3.20. The van der Waals surface area contributed by atoms with Crippen molar-refractivity contribution in [3.05, 3.63) is 23.0 Å². The van der Waals surface area contributed by atoms with Crippen LogP contribution in [0.3, 0.4) is 0 Å². The summed E-state index contributed by atoms with van der Waals surface area (Å²) in [4.78, 5) is 3.42. The number of halogens is 3. The number of hydrogen-bond donors (Lipinski definition) is 1. The summed E-state index contributed by atoms with van der Waals surface area (Å²) >= 11 is 5.36. The second kappa shape index (κ2) is 4.20. The van der Waals surface area contributed by atoms with Crippen molar-refractivity contribution < 1.29 is 13.9 Å². The van der Waals surface area contributed by atoms with E-state index in [1.54, 1.807) is 6.07 Å². The molecule has 3 nitrogen and oxygen atoms in total. The average Bonchev–Trinajstić information content (AvgIpc) is 2.17. The Morgan fingerprint density at radius 1 is 1.64 bits per heavy atom. The van der Waals surface area contributed by atoms with E-state index in [4.69, 9.17) is 16.9 Å². The molecule has 1 aromatic rings. The first-order valence-corrected chi connectivity index (χ1v) is 4.10. The molecule has 1 aromatic heterocycles. The minimum Gasteiger partial charge on any atom is -0.505 e. The van der Waals surface area contributed by atoms with Crippen LogP contribution >= 0.6 is 11.6 Å². The molecule has 0 saturated heterocycles. The van der Waals surface area contributed by atoms with Crippen molar-refractivity contribution >= 4 is 11.6 Å². The highest BCUT2D eigenvalue weighted by molar-refractivity contribution is 6.17. The van der Waals surface area contributed by atoms with Crippen LogP contribution in [0.5, 0.6) is 5.75 Å². The van der Waals surface area contributed by atoms with E-state index in [0.29, 0.717) is 0 Å². The Morgan fingerprint density at radius 2 is 2.29 bits per heavy atom. The SMILES string of the molecule is N#Cc1cc(C(F)F)nc(CCl)c1O. The highest BCUT2D eigenvalue weighted by atomic mass is 35.5. The second-order valence-electron chi connectivity index (χ2n) is 2.44. The molecule has 0 spiro atoms. The summed E-state index contributed by atoms with van der Waals surface area (Å²) in [6.45, 7) is 0. The molecule has 0 aliphatic heterocycles. The first kappa shape index (κ1) is 10.7. The average molecular weight is 219 g/mol. The number of nitrogens with zero attached hydrogens (tertiary/aromatic N) is 2. The fraction of sp³-hybridized carbons (Fsp3) is 0.250. The van der Waals surface area contributed by atoms with Crippen LogP contribution in [0.25, 0.3) is 0 Å². The molecule has 0 aromatic carbocycles. The minimum atomic E-state index is -2.79. The highest BCUT2D eigenvalue weighted by Gasteiger charge is 2.16. The summed E-state index contributed by atoms with van der Waals surface area (Å²) in [6.07, 6.45) is -2.79. The van der Waals surface area contributed by atoms with Crippen LogP contribution in [0, 0.1) is 11.3 Å². The van der Waals surface area contributed by atoms with E-state index in [-0.39, 0.29) is 17.1 Å². The Balaban J connectivity index is 3.34. The lowest BCUT2D eigenvalue weighted by Gasteiger charge is -2.05. The van der Waals surface area contributed by atoms with Crippen LogP contribution in [0.15, 0.2) is 6.07 Å². The predicted molar refractivity (Wildman–Crippen MR) is 45.1 cm³/mol. The lowest BCUT2D eigenvalue weighted by molar-refractivity contribution is 0.145. The van der Waals surface area contributed by atoms with Crippen LogP contribution in [-0.2, 0) is 5.88 Å².